The van der Waals surface area contributed by atoms with Crippen LogP contribution in [0.3, 0.4) is 0 Å². The fraction of sp³-hybridized carbons (Fsp3) is 0.786. The summed E-state index contributed by atoms with van der Waals surface area (Å²) >= 11 is 0. The second-order valence-electron chi connectivity index (χ2n) is 13.3. The van der Waals surface area contributed by atoms with Crippen molar-refractivity contribution in [3.05, 3.63) is 48.6 Å². The molecule has 4 heteroatoms. The van der Waals surface area contributed by atoms with Crippen molar-refractivity contribution in [2.24, 2.45) is 0 Å². The summed E-state index contributed by atoms with van der Waals surface area (Å²) in [6.07, 6.45) is 50.2. The van der Waals surface area contributed by atoms with Crippen LogP contribution in [0.5, 0.6) is 0 Å². The molecule has 0 aromatic carbocycles. The number of amides is 1. The standard InChI is InChI=1S/C42H77NO3/c1-3-5-7-9-11-13-15-17-19-20-21-22-24-26-28-30-32-34-36-38-42(46)43-40(39-44)41(45)37-35-33-31-29-27-25-23-18-16-14-12-10-8-6-4-2/h5,7,11,13,17,19,21-22,40-41,44-45H,3-4,6,8-10,12,14-16,18,20,23-39H2,1-2H3,(H,43,46)/b7-5-,13-11-,19-17-,22-21-. The normalized spacial score (nSPS) is 13.6. The number of unbranched alkanes of at least 4 members (excludes halogenated alkanes) is 20. The van der Waals surface area contributed by atoms with E-state index in [0.29, 0.717) is 12.8 Å². The molecule has 0 aromatic heterocycles. The van der Waals surface area contributed by atoms with Gasteiger partial charge in [-0.3, -0.25) is 4.79 Å². The van der Waals surface area contributed by atoms with Crippen molar-refractivity contribution in [1.82, 2.24) is 5.32 Å². The number of carbonyl (C=O) groups is 1. The Balaban J connectivity index is 3.60. The van der Waals surface area contributed by atoms with Crippen molar-refractivity contribution in [2.75, 3.05) is 6.61 Å². The molecule has 4 nitrogen and oxygen atoms in total. The third kappa shape index (κ3) is 33.7. The Kier molecular flexibility index (Phi) is 36.4. The van der Waals surface area contributed by atoms with Gasteiger partial charge in [-0.1, -0.05) is 184 Å². The highest BCUT2D eigenvalue weighted by molar-refractivity contribution is 5.76. The summed E-state index contributed by atoms with van der Waals surface area (Å²) in [5.41, 5.74) is 0. The van der Waals surface area contributed by atoms with Gasteiger partial charge in [-0.2, -0.15) is 0 Å². The molecule has 0 fully saturated rings. The predicted octanol–water partition coefficient (Wildman–Crippen LogP) is 12.0. The highest BCUT2D eigenvalue weighted by Gasteiger charge is 2.19. The maximum Gasteiger partial charge on any atom is 0.220 e. The lowest BCUT2D eigenvalue weighted by Crippen LogP contribution is -2.45. The molecule has 0 aliphatic rings. The largest absolute Gasteiger partial charge is 0.394 e. The molecular weight excluding hydrogens is 566 g/mol. The minimum absolute atomic E-state index is 0.0473. The third-order valence-corrected chi connectivity index (χ3v) is 8.85. The van der Waals surface area contributed by atoms with Crippen LogP contribution in [0.25, 0.3) is 0 Å². The predicted molar refractivity (Wildman–Crippen MR) is 202 cm³/mol. The molecule has 0 spiro atoms. The fourth-order valence-electron chi connectivity index (χ4n) is 5.82. The summed E-state index contributed by atoms with van der Waals surface area (Å²) in [6, 6.07) is -0.544. The molecule has 0 rings (SSSR count). The number of hydrogen-bond donors (Lipinski definition) is 3. The molecule has 0 radical (unpaired) electrons. The second kappa shape index (κ2) is 37.8. The first-order valence-corrected chi connectivity index (χ1v) is 19.8. The molecule has 0 aromatic rings. The Hall–Kier alpha value is -1.65. The van der Waals surface area contributed by atoms with Crippen molar-refractivity contribution in [1.29, 1.82) is 0 Å². The van der Waals surface area contributed by atoms with Crippen LogP contribution in [-0.4, -0.2) is 34.9 Å². The average molecular weight is 644 g/mol. The third-order valence-electron chi connectivity index (χ3n) is 8.85. The molecule has 0 saturated heterocycles. The summed E-state index contributed by atoms with van der Waals surface area (Å²) < 4.78 is 0. The van der Waals surface area contributed by atoms with Crippen LogP contribution >= 0.6 is 0 Å². The summed E-state index contributed by atoms with van der Waals surface area (Å²) in [6.45, 7) is 4.23. The van der Waals surface area contributed by atoms with Crippen LogP contribution in [-0.2, 0) is 4.79 Å². The van der Waals surface area contributed by atoms with Crippen molar-refractivity contribution >= 4 is 5.91 Å². The van der Waals surface area contributed by atoms with Gasteiger partial charge in [0.1, 0.15) is 0 Å². The van der Waals surface area contributed by atoms with Gasteiger partial charge in [0.15, 0.2) is 0 Å². The summed E-state index contributed by atoms with van der Waals surface area (Å²) in [7, 11) is 0. The Bertz CT molecular complexity index is 741. The number of rotatable bonds is 35. The van der Waals surface area contributed by atoms with E-state index in [1.807, 2.05) is 0 Å². The lowest BCUT2D eigenvalue weighted by atomic mass is 10.0. The first kappa shape index (κ1) is 44.4. The Labute approximate surface area is 286 Å². The van der Waals surface area contributed by atoms with Crippen molar-refractivity contribution in [3.63, 3.8) is 0 Å². The van der Waals surface area contributed by atoms with E-state index in [1.54, 1.807) is 0 Å². The van der Waals surface area contributed by atoms with Crippen LogP contribution in [0, 0.1) is 0 Å². The van der Waals surface area contributed by atoms with E-state index in [2.05, 4.69) is 67.8 Å². The summed E-state index contributed by atoms with van der Waals surface area (Å²) in [5.74, 6) is -0.0473. The Morgan fingerprint density at radius 2 is 0.957 bits per heavy atom. The van der Waals surface area contributed by atoms with E-state index < -0.39 is 12.1 Å². The monoisotopic (exact) mass is 644 g/mol. The minimum Gasteiger partial charge on any atom is -0.394 e. The first-order chi connectivity index (χ1) is 22.7. The van der Waals surface area contributed by atoms with E-state index in [1.165, 1.54) is 103 Å². The van der Waals surface area contributed by atoms with Crippen molar-refractivity contribution in [3.8, 4) is 0 Å². The molecule has 1 amide bonds. The maximum absolute atomic E-state index is 12.4. The molecule has 268 valence electrons. The van der Waals surface area contributed by atoms with Crippen LogP contribution in [0.1, 0.15) is 194 Å². The van der Waals surface area contributed by atoms with Crippen LogP contribution in [0.2, 0.25) is 0 Å². The van der Waals surface area contributed by atoms with Crippen LogP contribution < -0.4 is 5.32 Å². The molecule has 2 unspecified atom stereocenters. The molecule has 0 heterocycles. The average Bonchev–Trinajstić information content (AvgIpc) is 3.06. The molecule has 2 atom stereocenters. The summed E-state index contributed by atoms with van der Waals surface area (Å²) in [4.78, 5) is 12.4. The lowest BCUT2D eigenvalue weighted by molar-refractivity contribution is -0.123. The number of carbonyl (C=O) groups excluding carboxylic acids is 1. The van der Waals surface area contributed by atoms with E-state index in [4.69, 9.17) is 0 Å². The summed E-state index contributed by atoms with van der Waals surface area (Å²) in [5, 5.41) is 23.1. The Morgan fingerprint density at radius 3 is 1.43 bits per heavy atom. The molecule has 0 aliphatic carbocycles. The van der Waals surface area contributed by atoms with Gasteiger partial charge in [0.05, 0.1) is 18.8 Å². The van der Waals surface area contributed by atoms with Gasteiger partial charge in [-0.25, -0.2) is 0 Å². The van der Waals surface area contributed by atoms with Crippen molar-refractivity contribution < 1.29 is 15.0 Å². The zero-order valence-corrected chi connectivity index (χ0v) is 30.6. The van der Waals surface area contributed by atoms with Gasteiger partial charge >= 0.3 is 0 Å². The number of nitrogens with one attached hydrogen (secondary N) is 1. The SMILES string of the molecule is CC/C=C\C/C=C\C/C=C\C/C=C\CCCCCCCCC(=O)NC(CO)C(O)CCCCCCCCCCCCCCCCC. The zero-order valence-electron chi connectivity index (χ0n) is 30.6. The quantitative estimate of drug-likeness (QED) is 0.0475. The highest BCUT2D eigenvalue weighted by Crippen LogP contribution is 2.15. The number of hydrogen-bond acceptors (Lipinski definition) is 3. The molecule has 46 heavy (non-hydrogen) atoms. The van der Waals surface area contributed by atoms with Gasteiger partial charge < -0.3 is 15.5 Å². The van der Waals surface area contributed by atoms with E-state index >= 15 is 0 Å². The molecule has 0 aliphatic heterocycles. The van der Waals surface area contributed by atoms with Crippen LogP contribution in [0.4, 0.5) is 0 Å². The Morgan fingerprint density at radius 1 is 0.543 bits per heavy atom. The van der Waals surface area contributed by atoms with Gasteiger partial charge in [-0.05, 0) is 51.4 Å². The highest BCUT2D eigenvalue weighted by atomic mass is 16.3. The molecule has 0 bridgehead atoms. The zero-order chi connectivity index (χ0) is 33.6. The topological polar surface area (TPSA) is 69.6 Å². The number of aliphatic hydroxyl groups excluding tert-OH is 2. The van der Waals surface area contributed by atoms with Gasteiger partial charge in [0.25, 0.3) is 0 Å². The second-order valence-corrected chi connectivity index (χ2v) is 13.3. The minimum atomic E-state index is -0.666. The lowest BCUT2D eigenvalue weighted by Gasteiger charge is -2.22. The van der Waals surface area contributed by atoms with E-state index in [0.717, 1.165) is 64.2 Å². The van der Waals surface area contributed by atoms with E-state index in [-0.39, 0.29) is 12.5 Å². The molecular formula is C42H77NO3. The molecule has 0 saturated carbocycles. The number of aliphatic hydroxyl groups is 2. The van der Waals surface area contributed by atoms with Crippen LogP contribution in [0.15, 0.2) is 48.6 Å². The van der Waals surface area contributed by atoms with Gasteiger partial charge in [0.2, 0.25) is 5.91 Å². The van der Waals surface area contributed by atoms with Gasteiger partial charge in [0, 0.05) is 6.42 Å². The van der Waals surface area contributed by atoms with E-state index in [9.17, 15) is 15.0 Å². The molecule has 3 N–H and O–H groups in total. The maximum atomic E-state index is 12.4. The fourth-order valence-corrected chi connectivity index (χ4v) is 5.82. The van der Waals surface area contributed by atoms with Gasteiger partial charge in [-0.15, -0.1) is 0 Å². The first-order valence-electron chi connectivity index (χ1n) is 19.8. The number of allylic oxidation sites excluding steroid dienone is 8. The smallest absolute Gasteiger partial charge is 0.220 e. The van der Waals surface area contributed by atoms with Crippen molar-refractivity contribution in [2.45, 2.75) is 206 Å².